The van der Waals surface area contributed by atoms with Crippen molar-refractivity contribution in [3.05, 3.63) is 80.5 Å². The summed E-state index contributed by atoms with van der Waals surface area (Å²) < 4.78 is 15.5. The molecule has 0 radical (unpaired) electrons. The fraction of sp³-hybridized carbons (Fsp3) is 0.273. The van der Waals surface area contributed by atoms with Crippen LogP contribution in [0.2, 0.25) is 0 Å². The highest BCUT2D eigenvalue weighted by atomic mass is 16.5. The van der Waals surface area contributed by atoms with E-state index in [1.54, 1.807) is 38.1 Å². The minimum atomic E-state index is -0.777. The zero-order chi connectivity index (χ0) is 22.5. The number of carbonyl (C=O) groups excluding carboxylic acids is 3. The average molecular weight is 426 g/mol. The highest BCUT2D eigenvalue weighted by Gasteiger charge is 2.34. The van der Waals surface area contributed by atoms with Crippen LogP contribution in [-0.2, 0) is 14.3 Å². The van der Waals surface area contributed by atoms with E-state index >= 15 is 0 Å². The summed E-state index contributed by atoms with van der Waals surface area (Å²) in [6, 6.07) is 8.75. The van der Waals surface area contributed by atoms with Gasteiger partial charge < -0.3 is 24.5 Å². The summed E-state index contributed by atoms with van der Waals surface area (Å²) in [6.07, 6.45) is 0. The Bertz CT molecular complexity index is 1080. The van der Waals surface area contributed by atoms with Crippen molar-refractivity contribution >= 4 is 18.0 Å². The third-order valence-electron chi connectivity index (χ3n) is 4.67. The fourth-order valence-electron chi connectivity index (χ4n) is 3.35. The number of ether oxygens (including phenoxy) is 2. The fourth-order valence-corrected chi connectivity index (χ4v) is 3.35. The lowest BCUT2D eigenvalue weighted by Gasteiger charge is -2.29. The Morgan fingerprint density at radius 2 is 1.77 bits per heavy atom. The number of benzene rings is 1. The highest BCUT2D eigenvalue weighted by Crippen LogP contribution is 2.28. The average Bonchev–Trinajstić information content (AvgIpc) is 2.71. The van der Waals surface area contributed by atoms with Crippen molar-refractivity contribution in [2.45, 2.75) is 26.8 Å². The molecular formula is C22H22N2O7. The van der Waals surface area contributed by atoms with Gasteiger partial charge in [0.15, 0.2) is 0 Å². The second-order valence-electron chi connectivity index (χ2n) is 6.81. The van der Waals surface area contributed by atoms with E-state index in [-0.39, 0.29) is 35.8 Å². The Morgan fingerprint density at radius 1 is 1.06 bits per heavy atom. The number of hydrogen-bond acceptors (Lipinski definition) is 7. The van der Waals surface area contributed by atoms with Crippen LogP contribution < -0.4 is 16.3 Å². The summed E-state index contributed by atoms with van der Waals surface area (Å²) in [4.78, 5) is 49.0. The van der Waals surface area contributed by atoms with Crippen LogP contribution >= 0.6 is 0 Å². The number of urea groups is 1. The Hall–Kier alpha value is -3.88. The van der Waals surface area contributed by atoms with Crippen molar-refractivity contribution in [2.75, 3.05) is 13.2 Å². The van der Waals surface area contributed by atoms with E-state index in [9.17, 15) is 19.2 Å². The molecule has 0 spiro atoms. The van der Waals surface area contributed by atoms with Gasteiger partial charge in [0.2, 0.25) is 0 Å². The minimum Gasteiger partial charge on any atom is -0.463 e. The lowest BCUT2D eigenvalue weighted by molar-refractivity contribution is -0.139. The standard InChI is InChI=1S/C22H22N2O7/c1-4-29-21(27)18-15(23-22(28)24-19(18)14-8-6-5-7-9-14)11-30-20(26)17-12(2)10-16(25)31-13(17)3/h5-10,19H,4,11H2,1-3H3,(H2,23,24,28). The molecule has 31 heavy (non-hydrogen) atoms. The molecule has 2 amide bonds. The summed E-state index contributed by atoms with van der Waals surface area (Å²) >= 11 is 0. The second-order valence-corrected chi connectivity index (χ2v) is 6.81. The van der Waals surface area contributed by atoms with Crippen LogP contribution in [0.25, 0.3) is 0 Å². The molecule has 1 unspecified atom stereocenters. The van der Waals surface area contributed by atoms with Gasteiger partial charge in [-0.2, -0.15) is 0 Å². The molecule has 9 heteroatoms. The van der Waals surface area contributed by atoms with Crippen LogP contribution in [0.4, 0.5) is 4.79 Å². The Kier molecular flexibility index (Phi) is 6.54. The molecule has 162 valence electrons. The third-order valence-corrected chi connectivity index (χ3v) is 4.67. The summed E-state index contributed by atoms with van der Waals surface area (Å²) in [5.74, 6) is -1.28. The molecule has 1 aliphatic rings. The van der Waals surface area contributed by atoms with Crippen LogP contribution in [0.1, 0.15) is 40.2 Å². The van der Waals surface area contributed by atoms with Gasteiger partial charge in [-0.3, -0.25) is 0 Å². The normalized spacial score (nSPS) is 15.7. The molecule has 2 heterocycles. The first kappa shape index (κ1) is 21.8. The molecular weight excluding hydrogens is 404 g/mol. The van der Waals surface area contributed by atoms with Gasteiger partial charge in [0.25, 0.3) is 0 Å². The maximum atomic E-state index is 12.7. The Balaban J connectivity index is 1.95. The molecule has 0 aliphatic carbocycles. The number of nitrogens with one attached hydrogen (secondary N) is 2. The number of aryl methyl sites for hydroxylation is 2. The number of amides is 2. The van der Waals surface area contributed by atoms with Gasteiger partial charge in [-0.25, -0.2) is 19.2 Å². The van der Waals surface area contributed by atoms with E-state index < -0.39 is 29.6 Å². The summed E-state index contributed by atoms with van der Waals surface area (Å²) in [7, 11) is 0. The van der Waals surface area contributed by atoms with Crippen LogP contribution in [0.3, 0.4) is 0 Å². The molecule has 0 saturated heterocycles. The second kappa shape index (κ2) is 9.29. The molecule has 1 aromatic carbocycles. The molecule has 0 fully saturated rings. The van der Waals surface area contributed by atoms with Crippen LogP contribution in [0.15, 0.2) is 56.9 Å². The van der Waals surface area contributed by atoms with E-state index in [1.807, 2.05) is 6.07 Å². The number of rotatable bonds is 6. The van der Waals surface area contributed by atoms with E-state index in [0.29, 0.717) is 11.1 Å². The predicted octanol–water partition coefficient (Wildman–Crippen LogP) is 2.28. The smallest absolute Gasteiger partial charge is 0.342 e. The summed E-state index contributed by atoms with van der Waals surface area (Å²) in [6.45, 7) is 4.47. The topological polar surface area (TPSA) is 124 Å². The van der Waals surface area contributed by atoms with Gasteiger partial charge in [0.1, 0.15) is 17.9 Å². The largest absolute Gasteiger partial charge is 0.463 e. The van der Waals surface area contributed by atoms with Gasteiger partial charge in [0.05, 0.1) is 23.9 Å². The van der Waals surface area contributed by atoms with Crippen molar-refractivity contribution in [3.63, 3.8) is 0 Å². The van der Waals surface area contributed by atoms with Gasteiger partial charge in [0, 0.05) is 6.07 Å². The summed E-state index contributed by atoms with van der Waals surface area (Å²) in [5.41, 5.74) is 0.842. The van der Waals surface area contributed by atoms with Crippen LogP contribution in [0, 0.1) is 13.8 Å². The van der Waals surface area contributed by atoms with E-state index in [2.05, 4.69) is 10.6 Å². The van der Waals surface area contributed by atoms with E-state index in [0.717, 1.165) is 0 Å². The predicted molar refractivity (Wildman–Crippen MR) is 109 cm³/mol. The summed E-state index contributed by atoms with van der Waals surface area (Å²) in [5, 5.41) is 5.23. The SMILES string of the molecule is CCOC(=O)C1=C(COC(=O)c2c(C)cc(=O)oc2C)NC(=O)NC1c1ccccc1. The third kappa shape index (κ3) is 4.82. The number of esters is 2. The van der Waals surface area contributed by atoms with Crippen molar-refractivity contribution in [1.82, 2.24) is 10.6 Å². The van der Waals surface area contributed by atoms with Gasteiger partial charge >= 0.3 is 23.6 Å². The lowest BCUT2D eigenvalue weighted by Crippen LogP contribution is -2.47. The molecule has 0 saturated carbocycles. The maximum Gasteiger partial charge on any atom is 0.342 e. The number of carbonyl (C=O) groups is 3. The Labute approximate surface area is 178 Å². The van der Waals surface area contributed by atoms with Crippen molar-refractivity contribution in [3.8, 4) is 0 Å². The number of hydrogen-bond donors (Lipinski definition) is 2. The Morgan fingerprint density at radius 3 is 2.42 bits per heavy atom. The molecule has 2 aromatic rings. The van der Waals surface area contributed by atoms with Gasteiger partial charge in [-0.1, -0.05) is 30.3 Å². The highest BCUT2D eigenvalue weighted by molar-refractivity contribution is 5.96. The molecule has 0 bridgehead atoms. The molecule has 2 N–H and O–H groups in total. The zero-order valence-corrected chi connectivity index (χ0v) is 17.3. The van der Waals surface area contributed by atoms with E-state index in [4.69, 9.17) is 13.9 Å². The first-order valence-electron chi connectivity index (χ1n) is 9.63. The first-order chi connectivity index (χ1) is 14.8. The van der Waals surface area contributed by atoms with Crippen LogP contribution in [-0.4, -0.2) is 31.2 Å². The molecule has 1 atom stereocenters. The van der Waals surface area contributed by atoms with Crippen molar-refractivity contribution < 1.29 is 28.3 Å². The van der Waals surface area contributed by atoms with E-state index in [1.165, 1.54) is 13.0 Å². The van der Waals surface area contributed by atoms with Crippen LogP contribution in [0.5, 0.6) is 0 Å². The monoisotopic (exact) mass is 426 g/mol. The molecule has 1 aromatic heterocycles. The maximum absolute atomic E-state index is 12.7. The quantitative estimate of drug-likeness (QED) is 0.679. The van der Waals surface area contributed by atoms with Crippen molar-refractivity contribution in [2.24, 2.45) is 0 Å². The first-order valence-corrected chi connectivity index (χ1v) is 9.63. The molecule has 9 nitrogen and oxygen atoms in total. The van der Waals surface area contributed by atoms with Gasteiger partial charge in [-0.05, 0) is 31.9 Å². The zero-order valence-electron chi connectivity index (χ0n) is 17.3. The van der Waals surface area contributed by atoms with Crippen molar-refractivity contribution in [1.29, 1.82) is 0 Å². The lowest BCUT2D eigenvalue weighted by atomic mass is 9.95. The molecule has 3 rings (SSSR count). The minimum absolute atomic E-state index is 0.108. The van der Waals surface area contributed by atoms with Gasteiger partial charge in [-0.15, -0.1) is 0 Å². The molecule has 1 aliphatic heterocycles.